The molecule has 0 saturated heterocycles. The Morgan fingerprint density at radius 1 is 1.19 bits per heavy atom. The van der Waals surface area contributed by atoms with Crippen molar-refractivity contribution in [2.24, 2.45) is 0 Å². The van der Waals surface area contributed by atoms with Crippen LogP contribution in [0, 0.1) is 0 Å². The van der Waals surface area contributed by atoms with E-state index in [2.05, 4.69) is 10.1 Å². The van der Waals surface area contributed by atoms with E-state index in [4.69, 9.17) is 4.74 Å². The third kappa shape index (κ3) is 2.50. The molecule has 8 heteroatoms. The second-order valence-corrected chi connectivity index (χ2v) is 7.66. The van der Waals surface area contributed by atoms with Crippen molar-refractivity contribution < 1.29 is 17.9 Å². The maximum absolute atomic E-state index is 12.7. The number of carbonyl (C=O) groups excluding carboxylic acids is 1. The first kappa shape index (κ1) is 16.5. The molecular formula is C18H15N3O4S. The van der Waals surface area contributed by atoms with E-state index >= 15 is 0 Å². The number of nitrogens with zero attached hydrogens (tertiary/aromatic N) is 3. The largest absolute Gasteiger partial charge is 0.461 e. The number of ether oxygens (including phenoxy) is 1. The molecule has 0 unspecified atom stereocenters. The van der Waals surface area contributed by atoms with Crippen molar-refractivity contribution in [2.75, 3.05) is 6.61 Å². The van der Waals surface area contributed by atoms with E-state index in [1.807, 2.05) is 30.3 Å². The molecule has 0 radical (unpaired) electrons. The summed E-state index contributed by atoms with van der Waals surface area (Å²) < 4.78 is 32.0. The summed E-state index contributed by atoms with van der Waals surface area (Å²) in [7, 11) is -3.67. The maximum Gasteiger partial charge on any atom is 0.359 e. The molecule has 1 aromatic carbocycles. The molecule has 0 spiro atoms. The molecule has 3 heterocycles. The van der Waals surface area contributed by atoms with Gasteiger partial charge in [-0.25, -0.2) is 22.9 Å². The highest BCUT2D eigenvalue weighted by Crippen LogP contribution is 2.39. The van der Waals surface area contributed by atoms with Crippen LogP contribution in [0.3, 0.4) is 0 Å². The van der Waals surface area contributed by atoms with Gasteiger partial charge in [-0.15, -0.1) is 0 Å². The lowest BCUT2D eigenvalue weighted by Crippen LogP contribution is -2.17. The summed E-state index contributed by atoms with van der Waals surface area (Å²) in [5, 5.41) is 4.39. The van der Waals surface area contributed by atoms with Gasteiger partial charge in [-0.2, -0.15) is 5.10 Å². The normalized spacial score (nSPS) is 14.3. The predicted octanol–water partition coefficient (Wildman–Crippen LogP) is 2.40. The number of sulfone groups is 1. The lowest BCUT2D eigenvalue weighted by molar-refractivity contribution is 0.0518. The van der Waals surface area contributed by atoms with Gasteiger partial charge >= 0.3 is 5.97 Å². The lowest BCUT2D eigenvalue weighted by Gasteiger charge is -2.17. The number of aromatic nitrogens is 3. The van der Waals surface area contributed by atoms with Gasteiger partial charge in [0.15, 0.2) is 10.7 Å². The summed E-state index contributed by atoms with van der Waals surface area (Å²) in [6.45, 7) is 1.87. The Morgan fingerprint density at radius 3 is 2.69 bits per heavy atom. The molecule has 0 amide bonds. The van der Waals surface area contributed by atoms with Gasteiger partial charge < -0.3 is 4.74 Å². The van der Waals surface area contributed by atoms with Crippen molar-refractivity contribution in [1.29, 1.82) is 0 Å². The van der Waals surface area contributed by atoms with Crippen LogP contribution in [0.2, 0.25) is 0 Å². The Kier molecular flexibility index (Phi) is 3.84. The zero-order valence-electron chi connectivity index (χ0n) is 13.9. The van der Waals surface area contributed by atoms with E-state index in [1.54, 1.807) is 23.7 Å². The van der Waals surface area contributed by atoms with E-state index < -0.39 is 15.8 Å². The Morgan fingerprint density at radius 2 is 1.96 bits per heavy atom. The summed E-state index contributed by atoms with van der Waals surface area (Å²) in [5.41, 5.74) is 2.06. The second-order valence-electron chi connectivity index (χ2n) is 5.76. The Balaban J connectivity index is 2.05. The van der Waals surface area contributed by atoms with Gasteiger partial charge in [0.1, 0.15) is 0 Å². The van der Waals surface area contributed by atoms with Crippen LogP contribution in [-0.2, 0) is 20.3 Å². The van der Waals surface area contributed by atoms with Gasteiger partial charge in [0, 0.05) is 17.3 Å². The summed E-state index contributed by atoms with van der Waals surface area (Å²) in [6.07, 6.45) is 1.44. The van der Waals surface area contributed by atoms with E-state index in [9.17, 15) is 13.2 Å². The minimum atomic E-state index is -3.67. The molecule has 132 valence electrons. The predicted molar refractivity (Wildman–Crippen MR) is 93.6 cm³/mol. The van der Waals surface area contributed by atoms with Crippen LogP contribution in [0.1, 0.15) is 23.0 Å². The first-order valence-corrected chi connectivity index (χ1v) is 9.70. The van der Waals surface area contributed by atoms with Crippen LogP contribution in [0.25, 0.3) is 16.9 Å². The van der Waals surface area contributed by atoms with E-state index in [-0.39, 0.29) is 23.1 Å². The molecule has 0 aliphatic carbocycles. The lowest BCUT2D eigenvalue weighted by atomic mass is 10.1. The molecule has 3 aromatic rings. The quantitative estimate of drug-likeness (QED) is 0.659. The monoisotopic (exact) mass is 369 g/mol. The number of para-hydroxylation sites is 1. The van der Waals surface area contributed by atoms with Crippen molar-refractivity contribution in [3.63, 3.8) is 0 Å². The van der Waals surface area contributed by atoms with E-state index in [0.29, 0.717) is 22.5 Å². The summed E-state index contributed by atoms with van der Waals surface area (Å²) in [5.74, 6) is -0.978. The average molecular weight is 369 g/mol. The van der Waals surface area contributed by atoms with Crippen molar-refractivity contribution in [1.82, 2.24) is 14.8 Å². The summed E-state index contributed by atoms with van der Waals surface area (Å²) in [4.78, 5) is 16.4. The molecule has 26 heavy (non-hydrogen) atoms. The van der Waals surface area contributed by atoms with Crippen LogP contribution in [0.15, 0.2) is 53.7 Å². The van der Waals surface area contributed by atoms with Crippen LogP contribution >= 0.6 is 0 Å². The molecule has 1 aliphatic rings. The average Bonchev–Trinajstić information content (AvgIpc) is 3.01. The van der Waals surface area contributed by atoms with E-state index in [0.717, 1.165) is 0 Å². The minimum absolute atomic E-state index is 0.00000926. The zero-order chi connectivity index (χ0) is 18.3. The Bertz CT molecular complexity index is 1100. The number of hydrogen-bond donors (Lipinski definition) is 0. The molecule has 2 aromatic heterocycles. The number of esters is 1. The number of carbonyl (C=O) groups is 1. The van der Waals surface area contributed by atoms with Crippen LogP contribution in [-0.4, -0.2) is 35.8 Å². The summed E-state index contributed by atoms with van der Waals surface area (Å²) >= 11 is 0. The van der Waals surface area contributed by atoms with Crippen molar-refractivity contribution >= 4 is 15.8 Å². The second kappa shape index (κ2) is 6.06. The number of rotatable bonds is 3. The van der Waals surface area contributed by atoms with Crippen LogP contribution < -0.4 is 0 Å². The number of fused-ring (bicyclic) bond motifs is 3. The van der Waals surface area contributed by atoms with E-state index in [1.165, 1.54) is 6.20 Å². The highest BCUT2D eigenvalue weighted by atomic mass is 32.2. The third-order valence-corrected chi connectivity index (χ3v) is 5.69. The number of benzene rings is 1. The van der Waals surface area contributed by atoms with Crippen molar-refractivity contribution in [2.45, 2.75) is 17.7 Å². The maximum atomic E-state index is 12.7. The van der Waals surface area contributed by atoms with Gasteiger partial charge in [-0.1, -0.05) is 18.2 Å². The first-order valence-electron chi connectivity index (χ1n) is 8.05. The topological polar surface area (TPSA) is 91.1 Å². The van der Waals surface area contributed by atoms with Gasteiger partial charge in [-0.05, 0) is 31.2 Å². The standard InChI is InChI=1S/C18H15N3O4S/c1-2-25-18(22)15-14-11-26(23,24)17-13(9-6-10-19-17)16(14)21(20-15)12-7-4-3-5-8-12/h3-10H,2,11H2,1H3. The Hall–Kier alpha value is -3.00. The molecule has 7 nitrogen and oxygen atoms in total. The van der Waals surface area contributed by atoms with Gasteiger partial charge in [0.05, 0.1) is 23.7 Å². The minimum Gasteiger partial charge on any atom is -0.461 e. The van der Waals surface area contributed by atoms with Gasteiger partial charge in [-0.3, -0.25) is 0 Å². The molecule has 0 bridgehead atoms. The highest BCUT2D eigenvalue weighted by molar-refractivity contribution is 7.90. The third-order valence-electron chi connectivity index (χ3n) is 4.11. The molecule has 0 N–H and O–H groups in total. The number of pyridine rings is 1. The van der Waals surface area contributed by atoms with Crippen molar-refractivity contribution in [3.8, 4) is 16.9 Å². The molecule has 0 saturated carbocycles. The smallest absolute Gasteiger partial charge is 0.359 e. The fourth-order valence-electron chi connectivity index (χ4n) is 3.06. The SMILES string of the molecule is CCOC(=O)c1nn(-c2ccccc2)c2c1CS(=O)(=O)c1ncccc1-2. The number of hydrogen-bond acceptors (Lipinski definition) is 6. The molecule has 1 aliphatic heterocycles. The fraction of sp³-hybridized carbons (Fsp3) is 0.167. The van der Waals surface area contributed by atoms with Crippen molar-refractivity contribution in [3.05, 3.63) is 59.9 Å². The zero-order valence-corrected chi connectivity index (χ0v) is 14.7. The molecular weight excluding hydrogens is 354 g/mol. The molecule has 0 atom stereocenters. The van der Waals surface area contributed by atoms with Crippen LogP contribution in [0.5, 0.6) is 0 Å². The Labute approximate surface area is 150 Å². The fourth-order valence-corrected chi connectivity index (χ4v) is 4.57. The first-order chi connectivity index (χ1) is 12.5. The molecule has 4 rings (SSSR count). The van der Waals surface area contributed by atoms with Gasteiger partial charge in [0.2, 0.25) is 9.84 Å². The summed E-state index contributed by atoms with van der Waals surface area (Å²) in [6, 6.07) is 12.6. The molecule has 0 fully saturated rings. The van der Waals surface area contributed by atoms with Crippen LogP contribution in [0.4, 0.5) is 0 Å². The highest BCUT2D eigenvalue weighted by Gasteiger charge is 2.37. The van der Waals surface area contributed by atoms with Gasteiger partial charge in [0.25, 0.3) is 0 Å².